The summed E-state index contributed by atoms with van der Waals surface area (Å²) in [5.74, 6) is -0.0838. The molecule has 3 rings (SSSR count). The van der Waals surface area contributed by atoms with Gasteiger partial charge in [0.1, 0.15) is 11.5 Å². The zero-order valence-corrected chi connectivity index (χ0v) is 22.0. The van der Waals surface area contributed by atoms with Gasteiger partial charge in [0.25, 0.3) is 11.7 Å². The Morgan fingerprint density at radius 2 is 1.65 bits per heavy atom. The van der Waals surface area contributed by atoms with Crippen molar-refractivity contribution in [3.63, 3.8) is 0 Å². The van der Waals surface area contributed by atoms with Crippen molar-refractivity contribution in [3.05, 3.63) is 53.1 Å². The maximum Gasteiger partial charge on any atom is 0.295 e. The Morgan fingerprint density at radius 1 is 0.946 bits per heavy atom. The van der Waals surface area contributed by atoms with Gasteiger partial charge in [-0.05, 0) is 42.7 Å². The van der Waals surface area contributed by atoms with Gasteiger partial charge in [0.05, 0.1) is 39.6 Å². The molecular weight excluding hydrogens is 478 g/mol. The summed E-state index contributed by atoms with van der Waals surface area (Å²) in [6.45, 7) is 3.26. The predicted octanol–water partition coefficient (Wildman–Crippen LogP) is 4.35. The van der Waals surface area contributed by atoms with Crippen LogP contribution in [0, 0.1) is 0 Å². The number of ether oxygens (including phenoxy) is 5. The molecule has 1 aliphatic heterocycles. The fourth-order valence-electron chi connectivity index (χ4n) is 4.32. The number of amides is 1. The van der Waals surface area contributed by atoms with Gasteiger partial charge >= 0.3 is 0 Å². The zero-order valence-electron chi connectivity index (χ0n) is 22.0. The first kappa shape index (κ1) is 27.9. The van der Waals surface area contributed by atoms with E-state index in [0.29, 0.717) is 53.8 Å². The predicted molar refractivity (Wildman–Crippen MR) is 138 cm³/mol. The Hall–Kier alpha value is -3.72. The van der Waals surface area contributed by atoms with Crippen molar-refractivity contribution in [1.29, 1.82) is 0 Å². The minimum atomic E-state index is -0.879. The largest absolute Gasteiger partial charge is 0.507 e. The van der Waals surface area contributed by atoms with Crippen LogP contribution in [0.5, 0.6) is 23.0 Å². The van der Waals surface area contributed by atoms with Crippen molar-refractivity contribution in [2.24, 2.45) is 0 Å². The first-order valence-electron chi connectivity index (χ1n) is 12.2. The number of carbonyl (C=O) groups excluding carboxylic acids is 2. The topological polar surface area (TPSA) is 104 Å². The third kappa shape index (κ3) is 5.99. The molecule has 1 unspecified atom stereocenters. The van der Waals surface area contributed by atoms with Crippen molar-refractivity contribution < 1.29 is 38.4 Å². The van der Waals surface area contributed by atoms with E-state index in [9.17, 15) is 14.7 Å². The number of rotatable bonds is 13. The van der Waals surface area contributed by atoms with Crippen LogP contribution in [-0.4, -0.2) is 69.9 Å². The number of nitrogens with zero attached hydrogens (tertiary/aromatic N) is 1. The van der Waals surface area contributed by atoms with Gasteiger partial charge in [0.2, 0.25) is 5.75 Å². The van der Waals surface area contributed by atoms with Crippen LogP contribution in [0.15, 0.2) is 42.0 Å². The fourth-order valence-corrected chi connectivity index (χ4v) is 4.32. The normalized spacial score (nSPS) is 16.7. The molecule has 2 aromatic rings. The van der Waals surface area contributed by atoms with E-state index in [1.54, 1.807) is 43.5 Å². The molecule has 0 aliphatic carbocycles. The lowest BCUT2D eigenvalue weighted by Crippen LogP contribution is -2.31. The number of hydrogen-bond acceptors (Lipinski definition) is 8. The van der Waals surface area contributed by atoms with Crippen LogP contribution in [0.4, 0.5) is 0 Å². The van der Waals surface area contributed by atoms with Gasteiger partial charge in [0.15, 0.2) is 11.5 Å². The van der Waals surface area contributed by atoms with E-state index in [2.05, 4.69) is 6.92 Å². The molecule has 9 heteroatoms. The molecule has 0 radical (unpaired) electrons. The van der Waals surface area contributed by atoms with Crippen molar-refractivity contribution in [1.82, 2.24) is 4.90 Å². The summed E-state index contributed by atoms with van der Waals surface area (Å²) < 4.78 is 27.4. The second kappa shape index (κ2) is 13.0. The Labute approximate surface area is 217 Å². The fraction of sp³-hybridized carbons (Fsp3) is 0.429. The standard InChI is InChI=1S/C28H35NO8/c1-6-7-14-37-20-11-8-10-18(15-20)25(30)23-24(29(12-9-13-33-2)28(32)26(23)31)19-16-21(34-3)27(36-5)22(17-19)35-4/h8,10-11,15-17,24,30H,6-7,9,12-14H2,1-5H3. The van der Waals surface area contributed by atoms with Crippen LogP contribution in [0.25, 0.3) is 5.76 Å². The Balaban J connectivity index is 2.16. The molecule has 0 saturated carbocycles. The summed E-state index contributed by atoms with van der Waals surface area (Å²) in [5, 5.41) is 11.4. The van der Waals surface area contributed by atoms with Crippen LogP contribution >= 0.6 is 0 Å². The molecule has 37 heavy (non-hydrogen) atoms. The number of Topliss-reactive ketones (excluding diaryl/α,β-unsaturated/α-hetero) is 1. The molecule has 1 N–H and O–H groups in total. The smallest absolute Gasteiger partial charge is 0.295 e. The Kier molecular flexibility index (Phi) is 9.79. The molecule has 1 amide bonds. The molecule has 1 heterocycles. The highest BCUT2D eigenvalue weighted by Crippen LogP contribution is 2.45. The van der Waals surface area contributed by atoms with Gasteiger partial charge in [-0.3, -0.25) is 9.59 Å². The van der Waals surface area contributed by atoms with E-state index < -0.39 is 17.7 Å². The molecule has 1 aliphatic rings. The lowest BCUT2D eigenvalue weighted by molar-refractivity contribution is -0.140. The molecular formula is C28H35NO8. The average Bonchev–Trinajstić information content (AvgIpc) is 3.17. The monoisotopic (exact) mass is 513 g/mol. The van der Waals surface area contributed by atoms with Gasteiger partial charge in [-0.25, -0.2) is 0 Å². The van der Waals surface area contributed by atoms with Crippen molar-refractivity contribution in [3.8, 4) is 23.0 Å². The summed E-state index contributed by atoms with van der Waals surface area (Å²) >= 11 is 0. The molecule has 1 fully saturated rings. The van der Waals surface area contributed by atoms with E-state index in [-0.39, 0.29) is 17.9 Å². The molecule has 1 saturated heterocycles. The third-order valence-electron chi connectivity index (χ3n) is 6.16. The van der Waals surface area contributed by atoms with E-state index in [0.717, 1.165) is 12.8 Å². The van der Waals surface area contributed by atoms with Crippen LogP contribution in [0.1, 0.15) is 43.4 Å². The molecule has 0 bridgehead atoms. The molecule has 1 atom stereocenters. The first-order valence-corrected chi connectivity index (χ1v) is 12.2. The quantitative estimate of drug-likeness (QED) is 0.183. The Bertz CT molecular complexity index is 1120. The van der Waals surface area contributed by atoms with Gasteiger partial charge in [0, 0.05) is 25.8 Å². The number of aliphatic hydroxyl groups excluding tert-OH is 1. The third-order valence-corrected chi connectivity index (χ3v) is 6.16. The highest BCUT2D eigenvalue weighted by atomic mass is 16.5. The maximum absolute atomic E-state index is 13.3. The number of benzene rings is 2. The average molecular weight is 514 g/mol. The minimum absolute atomic E-state index is 0.0256. The molecule has 200 valence electrons. The minimum Gasteiger partial charge on any atom is -0.507 e. The zero-order chi connectivity index (χ0) is 26.9. The summed E-state index contributed by atoms with van der Waals surface area (Å²) in [4.78, 5) is 27.9. The number of unbranched alkanes of at least 4 members (excludes halogenated alkanes) is 1. The summed E-state index contributed by atoms with van der Waals surface area (Å²) in [7, 11) is 6.04. The summed E-state index contributed by atoms with van der Waals surface area (Å²) in [5.41, 5.74) is 0.881. The van der Waals surface area contributed by atoms with E-state index in [1.807, 2.05) is 0 Å². The van der Waals surface area contributed by atoms with Crippen LogP contribution in [0.2, 0.25) is 0 Å². The number of aliphatic hydroxyl groups is 1. The van der Waals surface area contributed by atoms with E-state index in [1.165, 1.54) is 26.2 Å². The maximum atomic E-state index is 13.3. The van der Waals surface area contributed by atoms with Gasteiger partial charge in [-0.1, -0.05) is 25.5 Å². The lowest BCUT2D eigenvalue weighted by Gasteiger charge is -2.26. The van der Waals surface area contributed by atoms with Crippen LogP contribution < -0.4 is 18.9 Å². The molecule has 9 nitrogen and oxygen atoms in total. The van der Waals surface area contributed by atoms with Crippen molar-refractivity contribution in [2.45, 2.75) is 32.2 Å². The highest BCUT2D eigenvalue weighted by molar-refractivity contribution is 6.46. The number of likely N-dealkylation sites (tertiary alicyclic amines) is 1. The number of hydrogen-bond donors (Lipinski definition) is 1. The number of carbonyl (C=O) groups is 2. The molecule has 0 spiro atoms. The van der Waals surface area contributed by atoms with E-state index in [4.69, 9.17) is 23.7 Å². The number of ketones is 1. The Morgan fingerprint density at radius 3 is 2.24 bits per heavy atom. The highest BCUT2D eigenvalue weighted by Gasteiger charge is 2.46. The molecule has 0 aromatic heterocycles. The van der Waals surface area contributed by atoms with Crippen molar-refractivity contribution >= 4 is 17.4 Å². The van der Waals surface area contributed by atoms with Crippen LogP contribution in [0.3, 0.4) is 0 Å². The second-order valence-corrected chi connectivity index (χ2v) is 8.53. The van der Waals surface area contributed by atoms with Crippen LogP contribution in [-0.2, 0) is 14.3 Å². The lowest BCUT2D eigenvalue weighted by atomic mass is 9.94. The second-order valence-electron chi connectivity index (χ2n) is 8.53. The van der Waals surface area contributed by atoms with Gasteiger partial charge < -0.3 is 33.7 Å². The summed E-state index contributed by atoms with van der Waals surface area (Å²) in [6, 6.07) is 9.33. The van der Waals surface area contributed by atoms with Gasteiger partial charge in [-0.15, -0.1) is 0 Å². The number of methoxy groups -OCH3 is 4. The molecule has 2 aromatic carbocycles. The SMILES string of the molecule is CCCCOc1cccc(C(O)=C2C(=O)C(=O)N(CCCOC)C2c2cc(OC)c(OC)c(OC)c2)c1. The first-order chi connectivity index (χ1) is 17.9. The van der Waals surface area contributed by atoms with Gasteiger partial charge in [-0.2, -0.15) is 0 Å². The summed E-state index contributed by atoms with van der Waals surface area (Å²) in [6.07, 6.45) is 2.39. The van der Waals surface area contributed by atoms with E-state index >= 15 is 0 Å². The van der Waals surface area contributed by atoms with Crippen molar-refractivity contribution in [2.75, 3.05) is 48.2 Å².